The van der Waals surface area contributed by atoms with Crippen molar-refractivity contribution in [1.82, 2.24) is 5.32 Å². The first-order valence-corrected chi connectivity index (χ1v) is 7.25. The Labute approximate surface area is 129 Å². The molecule has 0 aliphatic heterocycles. The van der Waals surface area contributed by atoms with E-state index in [2.05, 4.69) is 10.6 Å². The van der Waals surface area contributed by atoms with E-state index in [9.17, 15) is 9.59 Å². The molecule has 1 aromatic rings. The Bertz CT molecular complexity index is 560. The van der Waals surface area contributed by atoms with Gasteiger partial charge in [0.05, 0.1) is 24.0 Å². The van der Waals surface area contributed by atoms with Crippen LogP contribution in [0.3, 0.4) is 0 Å². The van der Waals surface area contributed by atoms with Gasteiger partial charge in [-0.05, 0) is 38.5 Å². The second-order valence-corrected chi connectivity index (χ2v) is 5.86. The molecule has 2 amide bonds. The minimum atomic E-state index is -0.260. The third-order valence-electron chi connectivity index (χ3n) is 3.31. The maximum atomic E-state index is 12.1. The molecule has 1 aliphatic carbocycles. The molecule has 2 atom stereocenters. The third kappa shape index (κ3) is 3.88. The summed E-state index contributed by atoms with van der Waals surface area (Å²) >= 11 is 6.00. The fraction of sp³-hybridized carbons (Fsp3) is 0.467. The highest BCUT2D eigenvalue weighted by atomic mass is 35.5. The maximum Gasteiger partial charge on any atom is 0.228 e. The number of carbonyl (C=O) groups is 2. The van der Waals surface area contributed by atoms with Gasteiger partial charge in [-0.2, -0.15) is 0 Å². The van der Waals surface area contributed by atoms with Gasteiger partial charge in [0.15, 0.2) is 0 Å². The van der Waals surface area contributed by atoms with Crippen LogP contribution in [-0.4, -0.2) is 25.0 Å². The highest BCUT2D eigenvalue weighted by Gasteiger charge is 2.48. The van der Waals surface area contributed by atoms with Crippen molar-refractivity contribution in [3.8, 4) is 5.75 Å². The lowest BCUT2D eigenvalue weighted by Crippen LogP contribution is -2.32. The van der Waals surface area contributed by atoms with Crippen LogP contribution in [0, 0.1) is 11.8 Å². The Balaban J connectivity index is 1.91. The normalized spacial score (nSPS) is 20.0. The number of benzene rings is 1. The lowest BCUT2D eigenvalue weighted by molar-refractivity contribution is -0.125. The maximum absolute atomic E-state index is 12.1. The minimum absolute atomic E-state index is 0.0575. The molecule has 1 aliphatic rings. The van der Waals surface area contributed by atoms with Crippen LogP contribution < -0.4 is 15.4 Å². The summed E-state index contributed by atoms with van der Waals surface area (Å²) in [6, 6.07) is 5.12. The lowest BCUT2D eigenvalue weighted by Gasteiger charge is -2.09. The summed E-state index contributed by atoms with van der Waals surface area (Å²) in [5, 5.41) is 6.03. The molecule has 2 unspecified atom stereocenters. The van der Waals surface area contributed by atoms with Crippen LogP contribution in [0.2, 0.25) is 5.02 Å². The zero-order valence-corrected chi connectivity index (χ0v) is 13.0. The molecule has 1 saturated carbocycles. The summed E-state index contributed by atoms with van der Waals surface area (Å²) < 4.78 is 5.05. The highest BCUT2D eigenvalue weighted by molar-refractivity contribution is 6.32. The van der Waals surface area contributed by atoms with Crippen LogP contribution in [0.15, 0.2) is 18.2 Å². The molecule has 1 fully saturated rings. The number of halogens is 1. The number of rotatable bonds is 5. The van der Waals surface area contributed by atoms with Gasteiger partial charge in [-0.1, -0.05) is 11.6 Å². The van der Waals surface area contributed by atoms with E-state index in [0.717, 1.165) is 0 Å². The van der Waals surface area contributed by atoms with E-state index in [0.29, 0.717) is 22.9 Å². The van der Waals surface area contributed by atoms with Crippen molar-refractivity contribution >= 4 is 29.1 Å². The van der Waals surface area contributed by atoms with Gasteiger partial charge in [-0.3, -0.25) is 9.59 Å². The van der Waals surface area contributed by atoms with E-state index >= 15 is 0 Å². The van der Waals surface area contributed by atoms with E-state index in [1.807, 2.05) is 13.8 Å². The van der Waals surface area contributed by atoms with Gasteiger partial charge in [-0.15, -0.1) is 0 Å². The SMILES string of the molecule is COc1ccc(NC(=O)C2CC2C(=O)NC(C)C)cc1Cl. The summed E-state index contributed by atoms with van der Waals surface area (Å²) in [5.74, 6) is -0.140. The summed E-state index contributed by atoms with van der Waals surface area (Å²) in [6.45, 7) is 3.80. The Morgan fingerprint density at radius 3 is 2.52 bits per heavy atom. The summed E-state index contributed by atoms with van der Waals surface area (Å²) in [5.41, 5.74) is 0.598. The lowest BCUT2D eigenvalue weighted by atomic mass is 10.2. The number of anilines is 1. The van der Waals surface area contributed by atoms with E-state index in [1.165, 1.54) is 7.11 Å². The van der Waals surface area contributed by atoms with E-state index in [-0.39, 0.29) is 29.7 Å². The zero-order chi connectivity index (χ0) is 15.6. The first kappa shape index (κ1) is 15.6. The highest BCUT2D eigenvalue weighted by Crippen LogP contribution is 2.40. The number of amides is 2. The van der Waals surface area contributed by atoms with Gasteiger partial charge in [0.2, 0.25) is 11.8 Å². The number of methoxy groups -OCH3 is 1. The molecule has 2 rings (SSSR count). The van der Waals surface area contributed by atoms with Gasteiger partial charge in [0.1, 0.15) is 5.75 Å². The first-order chi connectivity index (χ1) is 9.92. The van der Waals surface area contributed by atoms with Crippen molar-refractivity contribution in [2.75, 3.05) is 12.4 Å². The number of hydrogen-bond acceptors (Lipinski definition) is 3. The summed E-state index contributed by atoms with van der Waals surface area (Å²) in [6.07, 6.45) is 0.592. The number of hydrogen-bond donors (Lipinski definition) is 2. The fourth-order valence-corrected chi connectivity index (χ4v) is 2.40. The number of ether oxygens (including phenoxy) is 1. The van der Waals surface area contributed by atoms with Crippen LogP contribution in [0.4, 0.5) is 5.69 Å². The smallest absolute Gasteiger partial charge is 0.228 e. The van der Waals surface area contributed by atoms with Crippen molar-refractivity contribution in [3.05, 3.63) is 23.2 Å². The average Bonchev–Trinajstić information content (AvgIpc) is 3.18. The molecule has 0 bridgehead atoms. The monoisotopic (exact) mass is 310 g/mol. The molecule has 1 aromatic carbocycles. The van der Waals surface area contributed by atoms with E-state index < -0.39 is 0 Å². The minimum Gasteiger partial charge on any atom is -0.495 e. The van der Waals surface area contributed by atoms with Crippen molar-refractivity contribution < 1.29 is 14.3 Å². The molecule has 114 valence electrons. The van der Waals surface area contributed by atoms with Gasteiger partial charge in [0, 0.05) is 11.7 Å². The number of carbonyl (C=O) groups excluding carboxylic acids is 2. The van der Waals surface area contributed by atoms with E-state index in [1.54, 1.807) is 18.2 Å². The molecule has 0 heterocycles. The van der Waals surface area contributed by atoms with Crippen LogP contribution >= 0.6 is 11.6 Å². The second kappa shape index (κ2) is 6.35. The van der Waals surface area contributed by atoms with Gasteiger partial charge < -0.3 is 15.4 Å². The summed E-state index contributed by atoms with van der Waals surface area (Å²) in [4.78, 5) is 23.9. The standard InChI is InChI=1S/C15H19ClN2O3/c1-8(2)17-14(19)10-7-11(10)15(20)18-9-4-5-13(21-3)12(16)6-9/h4-6,8,10-11H,7H2,1-3H3,(H,17,19)(H,18,20). The van der Waals surface area contributed by atoms with Crippen molar-refractivity contribution in [3.63, 3.8) is 0 Å². The first-order valence-electron chi connectivity index (χ1n) is 6.87. The fourth-order valence-electron chi connectivity index (χ4n) is 2.15. The molecule has 21 heavy (non-hydrogen) atoms. The topological polar surface area (TPSA) is 67.4 Å². The Morgan fingerprint density at radius 2 is 1.95 bits per heavy atom. The van der Waals surface area contributed by atoms with E-state index in [4.69, 9.17) is 16.3 Å². The third-order valence-corrected chi connectivity index (χ3v) is 3.61. The Kier molecular flexibility index (Phi) is 4.73. The van der Waals surface area contributed by atoms with Crippen LogP contribution in [0.5, 0.6) is 5.75 Å². The van der Waals surface area contributed by atoms with Gasteiger partial charge in [-0.25, -0.2) is 0 Å². The van der Waals surface area contributed by atoms with Crippen LogP contribution in [0.25, 0.3) is 0 Å². The number of nitrogens with one attached hydrogen (secondary N) is 2. The molecule has 0 spiro atoms. The summed E-state index contributed by atoms with van der Waals surface area (Å²) in [7, 11) is 1.53. The predicted molar refractivity (Wildman–Crippen MR) is 81.5 cm³/mol. The molecule has 6 heteroatoms. The Morgan fingerprint density at radius 1 is 1.29 bits per heavy atom. The molecule has 0 saturated heterocycles. The van der Waals surface area contributed by atoms with Gasteiger partial charge >= 0.3 is 0 Å². The second-order valence-electron chi connectivity index (χ2n) is 5.45. The molecule has 0 aromatic heterocycles. The van der Waals surface area contributed by atoms with Crippen molar-refractivity contribution in [2.24, 2.45) is 11.8 Å². The Hall–Kier alpha value is -1.75. The molecular weight excluding hydrogens is 292 g/mol. The molecule has 5 nitrogen and oxygen atoms in total. The van der Waals surface area contributed by atoms with Crippen molar-refractivity contribution in [1.29, 1.82) is 0 Å². The zero-order valence-electron chi connectivity index (χ0n) is 12.3. The molecule has 0 radical (unpaired) electrons. The van der Waals surface area contributed by atoms with Gasteiger partial charge in [0.25, 0.3) is 0 Å². The van der Waals surface area contributed by atoms with Crippen LogP contribution in [-0.2, 0) is 9.59 Å². The quantitative estimate of drug-likeness (QED) is 0.878. The average molecular weight is 311 g/mol. The largest absolute Gasteiger partial charge is 0.495 e. The molecular formula is C15H19ClN2O3. The van der Waals surface area contributed by atoms with Crippen molar-refractivity contribution in [2.45, 2.75) is 26.3 Å². The predicted octanol–water partition coefficient (Wildman–Crippen LogP) is 2.45. The molecule has 2 N–H and O–H groups in total. The van der Waals surface area contributed by atoms with Crippen LogP contribution in [0.1, 0.15) is 20.3 Å².